The molecule has 13 rings (SSSR count). The molecule has 0 saturated heterocycles. The zero-order chi connectivity index (χ0) is 44.3. The first-order valence-corrected chi connectivity index (χ1v) is 22.8. The van der Waals surface area contributed by atoms with Crippen molar-refractivity contribution in [1.82, 2.24) is 0 Å². The minimum Gasteiger partial charge on any atom is -0.455 e. The van der Waals surface area contributed by atoms with E-state index in [0.29, 0.717) is 0 Å². The number of furan rings is 2. The Kier molecular flexibility index (Phi) is 9.17. The maximum absolute atomic E-state index is 6.44. The lowest BCUT2D eigenvalue weighted by molar-refractivity contribution is 0.669. The van der Waals surface area contributed by atoms with Crippen LogP contribution in [0.15, 0.2) is 258 Å². The van der Waals surface area contributed by atoms with Gasteiger partial charge in [0.05, 0.1) is 0 Å². The monoisotopic (exact) mass is 855 g/mol. The second-order valence-corrected chi connectivity index (χ2v) is 17.3. The van der Waals surface area contributed by atoms with Gasteiger partial charge in [0.25, 0.3) is 0 Å². The Balaban J connectivity index is 0.835. The van der Waals surface area contributed by atoms with Crippen LogP contribution in [0.2, 0.25) is 0 Å². The minimum absolute atomic E-state index is 0.898. The van der Waals surface area contributed by atoms with Crippen LogP contribution in [0, 0.1) is 0 Å². The molecule has 67 heavy (non-hydrogen) atoms. The van der Waals surface area contributed by atoms with Gasteiger partial charge in [-0.05, 0) is 116 Å². The predicted molar refractivity (Wildman–Crippen MR) is 280 cm³/mol. The topological polar surface area (TPSA) is 29.5 Å². The molecule has 0 aliphatic rings. The first kappa shape index (κ1) is 38.5. The molecule has 0 amide bonds. The van der Waals surface area contributed by atoms with Crippen LogP contribution in [0.25, 0.3) is 110 Å². The zero-order valence-electron chi connectivity index (χ0n) is 36.4. The maximum Gasteiger partial charge on any atom is 0.143 e. The van der Waals surface area contributed by atoms with E-state index in [2.05, 4.69) is 229 Å². The predicted octanol–water partition coefficient (Wildman–Crippen LogP) is 18.4. The third kappa shape index (κ3) is 6.84. The first-order chi connectivity index (χ1) is 33.2. The summed E-state index contributed by atoms with van der Waals surface area (Å²) in [4.78, 5) is 2.33. The number of rotatable bonds is 8. The molecule has 13 aromatic rings. The summed E-state index contributed by atoms with van der Waals surface area (Å²) in [6.45, 7) is 0. The van der Waals surface area contributed by atoms with Gasteiger partial charge in [0.1, 0.15) is 22.3 Å². The van der Waals surface area contributed by atoms with Crippen LogP contribution < -0.4 is 4.90 Å². The van der Waals surface area contributed by atoms with Crippen LogP contribution in [0.1, 0.15) is 0 Å². The average molecular weight is 856 g/mol. The number of para-hydroxylation sites is 4. The van der Waals surface area contributed by atoms with Crippen molar-refractivity contribution in [2.45, 2.75) is 0 Å². The van der Waals surface area contributed by atoms with E-state index < -0.39 is 0 Å². The van der Waals surface area contributed by atoms with E-state index in [9.17, 15) is 0 Å². The van der Waals surface area contributed by atoms with Gasteiger partial charge in [0.2, 0.25) is 0 Å². The van der Waals surface area contributed by atoms with Crippen molar-refractivity contribution in [1.29, 1.82) is 0 Å². The zero-order valence-corrected chi connectivity index (χ0v) is 36.4. The molecule has 0 aliphatic heterocycles. The summed E-state index contributed by atoms with van der Waals surface area (Å²) in [6, 6.07) is 88.9. The maximum atomic E-state index is 6.44. The molecule has 2 aromatic heterocycles. The Labute approximate surface area is 388 Å². The van der Waals surface area contributed by atoms with Gasteiger partial charge >= 0.3 is 0 Å². The van der Waals surface area contributed by atoms with Gasteiger partial charge in [0, 0.05) is 49.7 Å². The van der Waals surface area contributed by atoms with Gasteiger partial charge in [0.15, 0.2) is 0 Å². The highest BCUT2D eigenvalue weighted by atomic mass is 16.3. The summed E-state index contributed by atoms with van der Waals surface area (Å²) in [5.74, 6) is 0. The Morgan fingerprint density at radius 2 is 0.612 bits per heavy atom. The van der Waals surface area contributed by atoms with E-state index in [1.54, 1.807) is 0 Å². The molecular formula is C64H41NO2. The lowest BCUT2D eigenvalue weighted by Gasteiger charge is -2.26. The van der Waals surface area contributed by atoms with E-state index >= 15 is 0 Å². The molecule has 0 saturated carbocycles. The van der Waals surface area contributed by atoms with Crippen LogP contribution in [0.3, 0.4) is 0 Å². The van der Waals surface area contributed by atoms with Crippen LogP contribution in [0.5, 0.6) is 0 Å². The fraction of sp³-hybridized carbons (Fsp3) is 0. The van der Waals surface area contributed by atoms with Crippen LogP contribution in [0.4, 0.5) is 17.1 Å². The Morgan fingerprint density at radius 1 is 0.239 bits per heavy atom. The van der Waals surface area contributed by atoms with Gasteiger partial charge in [-0.1, -0.05) is 188 Å². The van der Waals surface area contributed by atoms with E-state index in [4.69, 9.17) is 8.83 Å². The molecule has 0 radical (unpaired) electrons. The summed E-state index contributed by atoms with van der Waals surface area (Å²) in [5.41, 5.74) is 18.3. The van der Waals surface area contributed by atoms with Crippen molar-refractivity contribution < 1.29 is 8.83 Å². The Bertz CT molecular complexity index is 3790. The highest BCUT2D eigenvalue weighted by molar-refractivity contribution is 6.10. The molecule has 0 fully saturated rings. The van der Waals surface area contributed by atoms with Gasteiger partial charge in [-0.15, -0.1) is 0 Å². The molecule has 0 atom stereocenters. The fourth-order valence-electron chi connectivity index (χ4n) is 9.88. The highest BCUT2D eigenvalue weighted by Gasteiger charge is 2.18. The summed E-state index contributed by atoms with van der Waals surface area (Å²) in [7, 11) is 0. The third-order valence-electron chi connectivity index (χ3n) is 13.3. The normalized spacial score (nSPS) is 11.6. The molecule has 0 unspecified atom stereocenters. The Hall–Kier alpha value is -8.92. The SMILES string of the molecule is c1cc(-c2ccc(-c3ccc(N(c4ccc(-c5cccc6c5oc5ccccc56)cc4)c4ccc(-c5cccc6c5oc5ccccc56)cc4)cc3)cc2)cc(-c2ccc3ccccc3c2)c1. The minimum atomic E-state index is 0.898. The summed E-state index contributed by atoms with van der Waals surface area (Å²) in [5, 5.41) is 7.01. The lowest BCUT2D eigenvalue weighted by Crippen LogP contribution is -2.09. The highest BCUT2D eigenvalue weighted by Crippen LogP contribution is 2.42. The molecule has 314 valence electrons. The molecule has 3 nitrogen and oxygen atoms in total. The van der Waals surface area contributed by atoms with Gasteiger partial charge in [-0.25, -0.2) is 0 Å². The molecule has 0 spiro atoms. The molecule has 0 aliphatic carbocycles. The van der Waals surface area contributed by atoms with E-state index in [0.717, 1.165) is 88.8 Å². The van der Waals surface area contributed by atoms with E-state index in [1.165, 1.54) is 38.6 Å². The molecule has 3 heteroatoms. The van der Waals surface area contributed by atoms with Crippen LogP contribution >= 0.6 is 0 Å². The summed E-state index contributed by atoms with van der Waals surface area (Å²) >= 11 is 0. The quantitative estimate of drug-likeness (QED) is 0.152. The standard InChI is InChI=1S/C64H41NO2/c1-2-11-48-41-51(27-26-42(48)10-1)50-13-7-12-49(40-50)45-24-22-43(23-25-45)44-28-34-52(35-29-44)65(53-36-30-46(31-37-53)55-16-8-18-59-57-14-3-5-20-61(57)66-63(55)59)54-38-32-47(33-39-54)56-17-9-19-60-58-15-4-6-21-62(58)67-64(56)60/h1-41H. The van der Waals surface area contributed by atoms with Crippen LogP contribution in [-0.2, 0) is 0 Å². The number of benzene rings is 11. The second kappa shape index (κ2) is 16.0. The number of hydrogen-bond acceptors (Lipinski definition) is 3. The van der Waals surface area contributed by atoms with Crippen molar-refractivity contribution in [3.8, 4) is 55.6 Å². The molecule has 0 bridgehead atoms. The lowest BCUT2D eigenvalue weighted by atomic mass is 9.96. The Morgan fingerprint density at radius 3 is 1.15 bits per heavy atom. The van der Waals surface area contributed by atoms with Crippen molar-refractivity contribution in [3.05, 3.63) is 249 Å². The van der Waals surface area contributed by atoms with Crippen molar-refractivity contribution in [2.75, 3.05) is 4.90 Å². The van der Waals surface area contributed by atoms with Crippen molar-refractivity contribution >= 4 is 71.7 Å². The van der Waals surface area contributed by atoms with Crippen molar-refractivity contribution in [2.24, 2.45) is 0 Å². The van der Waals surface area contributed by atoms with E-state index in [-0.39, 0.29) is 0 Å². The summed E-state index contributed by atoms with van der Waals surface area (Å²) < 4.78 is 12.9. The smallest absolute Gasteiger partial charge is 0.143 e. The molecule has 0 N–H and O–H groups in total. The molecule has 11 aromatic carbocycles. The van der Waals surface area contributed by atoms with Gasteiger partial charge in [-0.2, -0.15) is 0 Å². The van der Waals surface area contributed by atoms with Crippen LogP contribution in [-0.4, -0.2) is 0 Å². The van der Waals surface area contributed by atoms with Crippen molar-refractivity contribution in [3.63, 3.8) is 0 Å². The van der Waals surface area contributed by atoms with Gasteiger partial charge in [-0.3, -0.25) is 0 Å². The first-order valence-electron chi connectivity index (χ1n) is 22.8. The number of anilines is 3. The second-order valence-electron chi connectivity index (χ2n) is 17.3. The van der Waals surface area contributed by atoms with E-state index in [1.807, 2.05) is 24.3 Å². The number of hydrogen-bond donors (Lipinski definition) is 0. The number of fused-ring (bicyclic) bond motifs is 7. The summed E-state index contributed by atoms with van der Waals surface area (Å²) in [6.07, 6.45) is 0. The van der Waals surface area contributed by atoms with Gasteiger partial charge < -0.3 is 13.7 Å². The number of nitrogens with zero attached hydrogens (tertiary/aromatic N) is 1. The third-order valence-corrected chi connectivity index (χ3v) is 13.3. The largest absolute Gasteiger partial charge is 0.455 e. The fourth-order valence-corrected chi connectivity index (χ4v) is 9.88. The average Bonchev–Trinajstić information content (AvgIpc) is 3.98. The molecular weight excluding hydrogens is 815 g/mol. The molecule has 2 heterocycles.